The summed E-state index contributed by atoms with van der Waals surface area (Å²) < 4.78 is 5.43. The molecular weight excluding hydrogens is 434 g/mol. The number of nitrogens with zero attached hydrogens (tertiary/aromatic N) is 3. The largest absolute Gasteiger partial charge is 0.467 e. The van der Waals surface area contributed by atoms with E-state index in [0.29, 0.717) is 17.9 Å². The van der Waals surface area contributed by atoms with Crippen LogP contribution in [-0.4, -0.2) is 58.4 Å². The number of piperazine rings is 1. The summed E-state index contributed by atoms with van der Waals surface area (Å²) in [5.74, 6) is 1.41. The van der Waals surface area contributed by atoms with E-state index in [-0.39, 0.29) is 17.2 Å². The van der Waals surface area contributed by atoms with E-state index in [0.717, 1.165) is 44.0 Å². The number of carbonyl (C=O) groups is 2. The molecule has 2 saturated heterocycles. The van der Waals surface area contributed by atoms with Gasteiger partial charge in [-0.15, -0.1) is 11.8 Å². The molecule has 6 nitrogen and oxygen atoms in total. The van der Waals surface area contributed by atoms with Gasteiger partial charge in [0.15, 0.2) is 0 Å². The maximum atomic E-state index is 13.1. The van der Waals surface area contributed by atoms with Crippen LogP contribution in [0.5, 0.6) is 0 Å². The predicted molar refractivity (Wildman–Crippen MR) is 129 cm³/mol. The molecule has 3 heterocycles. The average Bonchev–Trinajstić information content (AvgIpc) is 3.50. The number of thioether (sulfide) groups is 1. The third kappa shape index (κ3) is 4.99. The molecule has 0 bridgehead atoms. The first-order valence-corrected chi connectivity index (χ1v) is 12.3. The molecule has 170 valence electrons. The Bertz CT molecular complexity index is 1080. The molecule has 2 aliphatic rings. The Morgan fingerprint density at radius 1 is 0.909 bits per heavy atom. The van der Waals surface area contributed by atoms with E-state index in [1.165, 1.54) is 5.56 Å². The fraction of sp³-hybridized carbons (Fsp3) is 0.308. The molecule has 0 spiro atoms. The van der Waals surface area contributed by atoms with Crippen LogP contribution in [0.15, 0.2) is 77.4 Å². The number of furan rings is 1. The van der Waals surface area contributed by atoms with Gasteiger partial charge in [-0.2, -0.15) is 0 Å². The number of hydrogen-bond donors (Lipinski definition) is 0. The van der Waals surface area contributed by atoms with Crippen LogP contribution in [0.1, 0.15) is 32.6 Å². The standard InChI is InChI=1S/C26H27N3O3S/c30-24-19-33-26(29(24)18-23-7-4-16-32-23)22-10-8-21(9-11-22)25(31)28-14-12-27(13-15-28)17-20-5-2-1-3-6-20/h1-11,16,26H,12-15,17-19H2/t26-/m1/s1. The average molecular weight is 462 g/mol. The van der Waals surface area contributed by atoms with Gasteiger partial charge in [0.25, 0.3) is 5.91 Å². The molecule has 0 aliphatic carbocycles. The van der Waals surface area contributed by atoms with Gasteiger partial charge in [0.05, 0.1) is 18.6 Å². The summed E-state index contributed by atoms with van der Waals surface area (Å²) in [6.45, 7) is 4.60. The van der Waals surface area contributed by atoms with E-state index in [2.05, 4.69) is 29.2 Å². The van der Waals surface area contributed by atoms with Crippen LogP contribution in [0.3, 0.4) is 0 Å². The predicted octanol–water partition coefficient (Wildman–Crippen LogP) is 4.01. The highest BCUT2D eigenvalue weighted by atomic mass is 32.2. The molecule has 7 heteroatoms. The Morgan fingerprint density at radius 3 is 2.36 bits per heavy atom. The minimum atomic E-state index is -0.0618. The molecular formula is C26H27N3O3S. The summed E-state index contributed by atoms with van der Waals surface area (Å²) in [4.78, 5) is 31.6. The van der Waals surface area contributed by atoms with Gasteiger partial charge >= 0.3 is 0 Å². The van der Waals surface area contributed by atoms with Crippen molar-refractivity contribution in [3.05, 3.63) is 95.4 Å². The molecule has 2 fully saturated rings. The second-order valence-electron chi connectivity index (χ2n) is 8.44. The molecule has 1 aromatic heterocycles. The van der Waals surface area contributed by atoms with Gasteiger partial charge in [-0.1, -0.05) is 42.5 Å². The molecule has 2 amide bonds. The second kappa shape index (κ2) is 9.85. The van der Waals surface area contributed by atoms with Crippen LogP contribution < -0.4 is 0 Å². The van der Waals surface area contributed by atoms with Crippen molar-refractivity contribution in [3.8, 4) is 0 Å². The third-order valence-corrected chi connectivity index (χ3v) is 7.48. The maximum absolute atomic E-state index is 13.1. The van der Waals surface area contributed by atoms with Gasteiger partial charge < -0.3 is 14.2 Å². The molecule has 2 aliphatic heterocycles. The summed E-state index contributed by atoms with van der Waals surface area (Å²) in [6.07, 6.45) is 1.62. The molecule has 2 aromatic carbocycles. The molecule has 1 atom stereocenters. The van der Waals surface area contributed by atoms with Crippen LogP contribution in [0.25, 0.3) is 0 Å². The zero-order chi connectivity index (χ0) is 22.6. The van der Waals surface area contributed by atoms with Crippen LogP contribution in [-0.2, 0) is 17.9 Å². The molecule has 3 aromatic rings. The Hall–Kier alpha value is -3.03. The minimum absolute atomic E-state index is 0.0618. The SMILES string of the molecule is O=C(c1ccc([C@H]2SCC(=O)N2Cc2ccco2)cc1)N1CCN(Cc2ccccc2)CC1. The number of amides is 2. The van der Waals surface area contributed by atoms with Gasteiger partial charge in [0.2, 0.25) is 5.91 Å². The fourth-order valence-electron chi connectivity index (χ4n) is 4.40. The van der Waals surface area contributed by atoms with Crippen LogP contribution in [0.4, 0.5) is 0 Å². The Labute approximate surface area is 198 Å². The monoisotopic (exact) mass is 461 g/mol. The van der Waals surface area contributed by atoms with E-state index < -0.39 is 0 Å². The zero-order valence-electron chi connectivity index (χ0n) is 18.4. The van der Waals surface area contributed by atoms with Gasteiger partial charge in [0.1, 0.15) is 11.1 Å². The van der Waals surface area contributed by atoms with Crippen molar-refractivity contribution in [1.29, 1.82) is 0 Å². The molecule has 0 unspecified atom stereocenters. The van der Waals surface area contributed by atoms with Gasteiger partial charge in [-0.25, -0.2) is 0 Å². The minimum Gasteiger partial charge on any atom is -0.467 e. The van der Waals surface area contributed by atoms with Crippen LogP contribution >= 0.6 is 11.8 Å². The van der Waals surface area contributed by atoms with Gasteiger partial charge in [-0.05, 0) is 35.4 Å². The first-order chi connectivity index (χ1) is 16.2. The molecule has 0 saturated carbocycles. The summed E-state index contributed by atoms with van der Waals surface area (Å²) in [5.41, 5.74) is 3.03. The van der Waals surface area contributed by atoms with Crippen molar-refractivity contribution in [3.63, 3.8) is 0 Å². The van der Waals surface area contributed by atoms with Crippen molar-refractivity contribution >= 4 is 23.6 Å². The van der Waals surface area contributed by atoms with Crippen molar-refractivity contribution in [2.24, 2.45) is 0 Å². The summed E-state index contributed by atoms with van der Waals surface area (Å²) >= 11 is 1.61. The van der Waals surface area contributed by atoms with Gasteiger partial charge in [0, 0.05) is 38.3 Å². The van der Waals surface area contributed by atoms with E-state index >= 15 is 0 Å². The first-order valence-electron chi connectivity index (χ1n) is 11.3. The lowest BCUT2D eigenvalue weighted by molar-refractivity contribution is -0.128. The lowest BCUT2D eigenvalue weighted by Crippen LogP contribution is -2.48. The number of rotatable bonds is 6. The zero-order valence-corrected chi connectivity index (χ0v) is 19.2. The topological polar surface area (TPSA) is 57.0 Å². The Morgan fingerprint density at radius 2 is 1.67 bits per heavy atom. The van der Waals surface area contributed by atoms with Crippen molar-refractivity contribution < 1.29 is 14.0 Å². The summed E-state index contributed by atoms with van der Waals surface area (Å²) in [5, 5.41) is -0.0618. The maximum Gasteiger partial charge on any atom is 0.253 e. The highest BCUT2D eigenvalue weighted by Gasteiger charge is 2.33. The van der Waals surface area contributed by atoms with Crippen molar-refractivity contribution in [2.45, 2.75) is 18.5 Å². The third-order valence-electron chi connectivity index (χ3n) is 6.23. The van der Waals surface area contributed by atoms with Gasteiger partial charge in [-0.3, -0.25) is 14.5 Å². The fourth-order valence-corrected chi connectivity index (χ4v) is 5.58. The quantitative estimate of drug-likeness (QED) is 0.555. The van der Waals surface area contributed by atoms with Crippen molar-refractivity contribution in [1.82, 2.24) is 14.7 Å². The smallest absolute Gasteiger partial charge is 0.253 e. The lowest BCUT2D eigenvalue weighted by atomic mass is 10.1. The Balaban J connectivity index is 1.19. The van der Waals surface area contributed by atoms with Crippen LogP contribution in [0, 0.1) is 0 Å². The summed E-state index contributed by atoms with van der Waals surface area (Å²) in [7, 11) is 0. The highest BCUT2D eigenvalue weighted by Crippen LogP contribution is 2.39. The number of benzene rings is 2. The van der Waals surface area contributed by atoms with E-state index in [9.17, 15) is 9.59 Å². The molecule has 33 heavy (non-hydrogen) atoms. The first kappa shape index (κ1) is 21.8. The lowest BCUT2D eigenvalue weighted by Gasteiger charge is -2.34. The second-order valence-corrected chi connectivity index (χ2v) is 9.51. The number of carbonyl (C=O) groups excluding carboxylic acids is 2. The summed E-state index contributed by atoms with van der Waals surface area (Å²) in [6, 6.07) is 21.9. The van der Waals surface area contributed by atoms with E-state index in [1.54, 1.807) is 18.0 Å². The highest BCUT2D eigenvalue weighted by molar-refractivity contribution is 8.00. The number of hydrogen-bond acceptors (Lipinski definition) is 5. The van der Waals surface area contributed by atoms with E-state index in [1.807, 2.05) is 52.3 Å². The van der Waals surface area contributed by atoms with Crippen molar-refractivity contribution in [2.75, 3.05) is 31.9 Å². The molecule has 0 N–H and O–H groups in total. The van der Waals surface area contributed by atoms with Crippen LogP contribution in [0.2, 0.25) is 0 Å². The molecule has 5 rings (SSSR count). The Kier molecular flexibility index (Phi) is 6.51. The molecule has 0 radical (unpaired) electrons. The van der Waals surface area contributed by atoms with E-state index in [4.69, 9.17) is 4.42 Å². The normalized spacial score (nSPS) is 19.3.